The summed E-state index contributed by atoms with van der Waals surface area (Å²) in [5.74, 6) is 1.17. The standard InChI is InChI=1S/C26H28BrN5O3/c1-17-13-21(9-10-22(17)32-12-4-8-24(32)33)28-26(34)19-6-3-11-31(15-19)16-23-29-25(30-35-23)18-5-2-7-20(27)14-18/h2,5,7,9-10,13-14,19H,3-4,6,8,11-12,15-16H2,1H3,(H,28,34). The van der Waals surface area contributed by atoms with Crippen LogP contribution < -0.4 is 10.2 Å². The van der Waals surface area contributed by atoms with Gasteiger partial charge in [0.25, 0.3) is 0 Å². The van der Waals surface area contributed by atoms with E-state index in [1.54, 1.807) is 0 Å². The number of amides is 2. The highest BCUT2D eigenvalue weighted by Crippen LogP contribution is 2.28. The van der Waals surface area contributed by atoms with Gasteiger partial charge in [-0.3, -0.25) is 14.5 Å². The number of carbonyl (C=O) groups excluding carboxylic acids is 2. The first kappa shape index (κ1) is 23.7. The molecular formula is C26H28BrN5O3. The highest BCUT2D eigenvalue weighted by molar-refractivity contribution is 9.10. The van der Waals surface area contributed by atoms with Crippen LogP contribution in [-0.2, 0) is 16.1 Å². The second-order valence-corrected chi connectivity index (χ2v) is 10.2. The summed E-state index contributed by atoms with van der Waals surface area (Å²) in [6, 6.07) is 13.5. The van der Waals surface area contributed by atoms with Crippen LogP contribution in [0.25, 0.3) is 11.4 Å². The molecule has 5 rings (SSSR count). The molecule has 8 nitrogen and oxygen atoms in total. The summed E-state index contributed by atoms with van der Waals surface area (Å²) in [5, 5.41) is 7.19. The average Bonchev–Trinajstić information content (AvgIpc) is 3.48. The topological polar surface area (TPSA) is 91.6 Å². The number of nitrogens with one attached hydrogen (secondary N) is 1. The number of benzene rings is 2. The van der Waals surface area contributed by atoms with Gasteiger partial charge in [0.2, 0.25) is 23.5 Å². The Morgan fingerprint density at radius 2 is 2.09 bits per heavy atom. The molecule has 35 heavy (non-hydrogen) atoms. The van der Waals surface area contributed by atoms with Gasteiger partial charge >= 0.3 is 0 Å². The van der Waals surface area contributed by atoms with E-state index in [2.05, 4.69) is 36.3 Å². The van der Waals surface area contributed by atoms with E-state index < -0.39 is 0 Å². The molecule has 1 N–H and O–H groups in total. The minimum absolute atomic E-state index is 0.0134. The van der Waals surface area contributed by atoms with Gasteiger partial charge in [-0.1, -0.05) is 33.2 Å². The predicted octanol–water partition coefficient (Wildman–Crippen LogP) is 4.79. The molecule has 2 aromatic carbocycles. The Hall–Kier alpha value is -3.04. The second-order valence-electron chi connectivity index (χ2n) is 9.24. The molecule has 2 aliphatic rings. The molecule has 0 saturated carbocycles. The monoisotopic (exact) mass is 537 g/mol. The minimum atomic E-state index is -0.114. The van der Waals surface area contributed by atoms with Gasteiger partial charge in [-0.2, -0.15) is 4.98 Å². The molecule has 9 heteroatoms. The molecule has 182 valence electrons. The van der Waals surface area contributed by atoms with Crippen LogP contribution in [0.4, 0.5) is 11.4 Å². The quantitative estimate of drug-likeness (QED) is 0.486. The van der Waals surface area contributed by atoms with Crippen LogP contribution in [0.1, 0.15) is 37.1 Å². The van der Waals surface area contributed by atoms with Crippen molar-refractivity contribution in [3.05, 3.63) is 58.4 Å². The molecule has 0 bridgehead atoms. The molecule has 2 aliphatic heterocycles. The molecule has 0 aliphatic carbocycles. The number of carbonyl (C=O) groups is 2. The van der Waals surface area contributed by atoms with Gasteiger partial charge in [0.05, 0.1) is 12.5 Å². The van der Waals surface area contributed by atoms with Crippen LogP contribution in [-0.4, -0.2) is 46.5 Å². The van der Waals surface area contributed by atoms with Crippen molar-refractivity contribution in [3.63, 3.8) is 0 Å². The Bertz CT molecular complexity index is 1240. The Labute approximate surface area is 212 Å². The second kappa shape index (κ2) is 10.3. The fraction of sp³-hybridized carbons (Fsp3) is 0.385. The van der Waals surface area contributed by atoms with Gasteiger partial charge in [-0.05, 0) is 68.6 Å². The van der Waals surface area contributed by atoms with E-state index in [0.29, 0.717) is 31.2 Å². The van der Waals surface area contributed by atoms with Crippen LogP contribution in [0.3, 0.4) is 0 Å². The number of rotatable bonds is 6. The van der Waals surface area contributed by atoms with Crippen molar-refractivity contribution in [2.75, 3.05) is 29.9 Å². The number of piperidine rings is 1. The SMILES string of the molecule is Cc1cc(NC(=O)C2CCCN(Cc3nc(-c4cccc(Br)c4)no3)C2)ccc1N1CCCC1=O. The molecule has 3 aromatic rings. The largest absolute Gasteiger partial charge is 0.338 e. The summed E-state index contributed by atoms with van der Waals surface area (Å²) in [5.41, 5.74) is 3.56. The van der Waals surface area contributed by atoms with E-state index in [1.807, 2.05) is 54.3 Å². The first-order valence-corrected chi connectivity index (χ1v) is 12.8. The third-order valence-corrected chi connectivity index (χ3v) is 7.11. The summed E-state index contributed by atoms with van der Waals surface area (Å²) >= 11 is 3.47. The number of hydrogen-bond acceptors (Lipinski definition) is 6. The molecule has 1 aromatic heterocycles. The van der Waals surface area contributed by atoms with E-state index in [-0.39, 0.29) is 17.7 Å². The highest BCUT2D eigenvalue weighted by Gasteiger charge is 2.28. The van der Waals surface area contributed by atoms with Crippen LogP contribution in [0, 0.1) is 12.8 Å². The third kappa shape index (κ3) is 5.46. The van der Waals surface area contributed by atoms with Crippen LogP contribution in [0.2, 0.25) is 0 Å². The number of nitrogens with zero attached hydrogens (tertiary/aromatic N) is 4. The van der Waals surface area contributed by atoms with Gasteiger partial charge in [0.1, 0.15) is 0 Å². The number of likely N-dealkylation sites (tertiary alicyclic amines) is 1. The van der Waals surface area contributed by atoms with Gasteiger partial charge in [0.15, 0.2) is 0 Å². The maximum Gasteiger partial charge on any atom is 0.241 e. The number of hydrogen-bond donors (Lipinski definition) is 1. The summed E-state index contributed by atoms with van der Waals surface area (Å²) in [7, 11) is 0. The maximum atomic E-state index is 13.0. The van der Waals surface area contributed by atoms with E-state index in [4.69, 9.17) is 4.52 Å². The van der Waals surface area contributed by atoms with Crippen molar-refractivity contribution in [2.24, 2.45) is 5.92 Å². The fourth-order valence-corrected chi connectivity index (χ4v) is 5.25. The molecule has 0 radical (unpaired) electrons. The summed E-state index contributed by atoms with van der Waals surface area (Å²) in [6.45, 7) is 4.78. The Balaban J connectivity index is 1.19. The third-order valence-electron chi connectivity index (χ3n) is 6.61. The zero-order valence-electron chi connectivity index (χ0n) is 19.7. The van der Waals surface area contributed by atoms with E-state index in [9.17, 15) is 9.59 Å². The lowest BCUT2D eigenvalue weighted by molar-refractivity contribution is -0.121. The molecule has 1 atom stereocenters. The maximum absolute atomic E-state index is 13.0. The average molecular weight is 538 g/mol. The number of aromatic nitrogens is 2. The van der Waals surface area contributed by atoms with Crippen molar-refractivity contribution in [1.82, 2.24) is 15.0 Å². The van der Waals surface area contributed by atoms with Crippen molar-refractivity contribution in [3.8, 4) is 11.4 Å². The number of halogens is 1. The van der Waals surface area contributed by atoms with Crippen molar-refractivity contribution >= 4 is 39.1 Å². The number of aryl methyl sites for hydroxylation is 1. The van der Waals surface area contributed by atoms with E-state index >= 15 is 0 Å². The van der Waals surface area contributed by atoms with E-state index in [0.717, 1.165) is 59.3 Å². The molecule has 0 spiro atoms. The summed E-state index contributed by atoms with van der Waals surface area (Å²) < 4.78 is 6.44. The van der Waals surface area contributed by atoms with Crippen LogP contribution in [0.15, 0.2) is 51.5 Å². The van der Waals surface area contributed by atoms with Gasteiger partial charge < -0.3 is 14.7 Å². The lowest BCUT2D eigenvalue weighted by Crippen LogP contribution is -2.40. The van der Waals surface area contributed by atoms with Gasteiger partial charge in [-0.25, -0.2) is 0 Å². The van der Waals surface area contributed by atoms with Crippen LogP contribution >= 0.6 is 15.9 Å². The van der Waals surface area contributed by atoms with Crippen molar-refractivity contribution in [1.29, 1.82) is 0 Å². The molecule has 2 amide bonds. The van der Waals surface area contributed by atoms with Gasteiger partial charge in [-0.15, -0.1) is 0 Å². The molecule has 3 heterocycles. The van der Waals surface area contributed by atoms with Crippen molar-refractivity contribution in [2.45, 2.75) is 39.2 Å². The van der Waals surface area contributed by atoms with Crippen molar-refractivity contribution < 1.29 is 14.1 Å². The molecular weight excluding hydrogens is 510 g/mol. The zero-order valence-corrected chi connectivity index (χ0v) is 21.3. The Morgan fingerprint density at radius 3 is 2.86 bits per heavy atom. The van der Waals surface area contributed by atoms with Gasteiger partial charge in [0, 0.05) is 40.9 Å². The highest BCUT2D eigenvalue weighted by atomic mass is 79.9. The zero-order chi connectivity index (χ0) is 24.4. The Kier molecular flexibility index (Phi) is 6.97. The number of anilines is 2. The first-order valence-electron chi connectivity index (χ1n) is 12.0. The normalized spacial score (nSPS) is 18.7. The summed E-state index contributed by atoms with van der Waals surface area (Å²) in [4.78, 5) is 33.7. The lowest BCUT2D eigenvalue weighted by atomic mass is 9.97. The predicted molar refractivity (Wildman–Crippen MR) is 137 cm³/mol. The smallest absolute Gasteiger partial charge is 0.241 e. The van der Waals surface area contributed by atoms with E-state index in [1.165, 1.54) is 0 Å². The first-order chi connectivity index (χ1) is 17.0. The minimum Gasteiger partial charge on any atom is -0.338 e. The summed E-state index contributed by atoms with van der Waals surface area (Å²) in [6.07, 6.45) is 3.27. The molecule has 2 fully saturated rings. The van der Waals surface area contributed by atoms with Crippen LogP contribution in [0.5, 0.6) is 0 Å². The molecule has 2 saturated heterocycles. The molecule has 1 unspecified atom stereocenters. The lowest BCUT2D eigenvalue weighted by Gasteiger charge is -2.31. The fourth-order valence-electron chi connectivity index (χ4n) is 4.85. The Morgan fingerprint density at radius 1 is 1.20 bits per heavy atom.